The molecular weight excluding hydrogens is 437 g/mol. The number of β-amino-alcohol motifs (C(OH)–C–C–N with tert-alkyl or cyclic N) is 2. The summed E-state index contributed by atoms with van der Waals surface area (Å²) in [6.07, 6.45) is 0.671. The first kappa shape index (κ1) is 21.3. The first-order chi connectivity index (χ1) is 14.2. The summed E-state index contributed by atoms with van der Waals surface area (Å²) in [7, 11) is -3.82. The van der Waals surface area contributed by atoms with Gasteiger partial charge in [0.1, 0.15) is 11.5 Å². The van der Waals surface area contributed by atoms with Gasteiger partial charge in [-0.1, -0.05) is 24.6 Å². The van der Waals surface area contributed by atoms with Crippen molar-refractivity contribution in [1.82, 2.24) is 23.6 Å². The number of hydrogen-bond donors (Lipinski definition) is 3. The molecule has 0 saturated carbocycles. The summed E-state index contributed by atoms with van der Waals surface area (Å²) in [5.74, 6) is -0.268. The average Bonchev–Trinajstić information content (AvgIpc) is 3.25. The first-order valence-electron chi connectivity index (χ1n) is 9.36. The normalized spacial score (nSPS) is 26.2. The number of nitrogens with zero attached hydrogens (tertiary/aromatic N) is 4. The number of imidazole rings is 1. The highest BCUT2D eigenvalue weighted by Crippen LogP contribution is 2.34. The molecule has 0 bridgehead atoms. The fourth-order valence-corrected chi connectivity index (χ4v) is 5.61. The Morgan fingerprint density at radius 3 is 2.50 bits per heavy atom. The van der Waals surface area contributed by atoms with E-state index in [4.69, 9.17) is 11.6 Å². The minimum absolute atomic E-state index is 0.115. The molecule has 4 rings (SSSR count). The molecule has 3 atom stereocenters. The molecule has 30 heavy (non-hydrogen) atoms. The Morgan fingerprint density at radius 2 is 1.90 bits per heavy atom. The molecule has 162 valence electrons. The maximum atomic E-state index is 13.1. The molecule has 2 aliphatic rings. The zero-order chi connectivity index (χ0) is 21.6. The molecule has 0 aromatic carbocycles. The maximum Gasteiger partial charge on any atom is 0.282 e. The Bertz CT molecular complexity index is 1060. The molecule has 1 fully saturated rings. The third kappa shape index (κ3) is 3.88. The van der Waals surface area contributed by atoms with Crippen molar-refractivity contribution in [3.63, 3.8) is 0 Å². The van der Waals surface area contributed by atoms with E-state index in [-0.39, 0.29) is 37.3 Å². The molecule has 2 aliphatic heterocycles. The van der Waals surface area contributed by atoms with Crippen LogP contribution in [0.3, 0.4) is 0 Å². The Morgan fingerprint density at radius 1 is 1.20 bits per heavy atom. The summed E-state index contributed by atoms with van der Waals surface area (Å²) in [4.78, 5) is 11.3. The van der Waals surface area contributed by atoms with Crippen molar-refractivity contribution in [1.29, 1.82) is 0 Å². The van der Waals surface area contributed by atoms with Gasteiger partial charge in [-0.3, -0.25) is 0 Å². The highest BCUT2D eigenvalue weighted by Gasteiger charge is 2.41. The van der Waals surface area contributed by atoms with Crippen molar-refractivity contribution >= 4 is 27.4 Å². The highest BCUT2D eigenvalue weighted by atomic mass is 35.5. The summed E-state index contributed by atoms with van der Waals surface area (Å²) in [6, 6.07) is 2.76. The Kier molecular flexibility index (Phi) is 5.68. The van der Waals surface area contributed by atoms with Crippen LogP contribution in [0.1, 0.15) is 12.6 Å². The zero-order valence-electron chi connectivity index (χ0n) is 16.0. The van der Waals surface area contributed by atoms with Crippen LogP contribution in [0.5, 0.6) is 0 Å². The Balaban J connectivity index is 1.56. The lowest BCUT2D eigenvalue weighted by Crippen LogP contribution is -2.46. The van der Waals surface area contributed by atoms with E-state index in [0.717, 1.165) is 16.1 Å². The molecule has 0 spiro atoms. The lowest BCUT2D eigenvalue weighted by molar-refractivity contribution is 0.0572. The lowest BCUT2D eigenvalue weighted by Gasteiger charge is -2.32. The van der Waals surface area contributed by atoms with E-state index in [1.165, 1.54) is 16.4 Å². The standard InChI is InChI=1S/C18H21ClFN5O4S/c1-10-7-24(30(28,29)25-8-14(26)15(27)9-25)5-4-12(10)16-17(19)23-18(22-16)13-3-2-11(20)6-21-13/h2-4,6,10,14-15,26-27H,5,7-9H2,1H3,(H,22,23)/t10-,14+,15+/m0/s1. The van der Waals surface area contributed by atoms with Crippen LogP contribution in [-0.2, 0) is 10.2 Å². The van der Waals surface area contributed by atoms with Crippen LogP contribution in [0.4, 0.5) is 4.39 Å². The van der Waals surface area contributed by atoms with E-state index < -0.39 is 28.2 Å². The van der Waals surface area contributed by atoms with E-state index in [1.807, 2.05) is 6.92 Å². The zero-order valence-corrected chi connectivity index (χ0v) is 17.6. The van der Waals surface area contributed by atoms with Gasteiger partial charge >= 0.3 is 0 Å². The SMILES string of the molecule is C[C@H]1CN(S(=O)(=O)N2C[C@@H](O)[C@H](O)C2)CC=C1c1[nH]c(-c2ccc(F)cn2)nc1Cl. The van der Waals surface area contributed by atoms with Gasteiger partial charge in [0.2, 0.25) is 0 Å². The van der Waals surface area contributed by atoms with Crippen molar-refractivity contribution < 1.29 is 23.0 Å². The summed E-state index contributed by atoms with van der Waals surface area (Å²) in [5, 5.41) is 19.6. The van der Waals surface area contributed by atoms with Crippen LogP contribution in [0.2, 0.25) is 5.15 Å². The van der Waals surface area contributed by atoms with Crippen LogP contribution < -0.4 is 0 Å². The van der Waals surface area contributed by atoms with E-state index in [9.17, 15) is 23.0 Å². The summed E-state index contributed by atoms with van der Waals surface area (Å²) in [5.41, 5.74) is 1.81. The molecular formula is C18H21ClFN5O4S. The molecule has 0 amide bonds. The minimum atomic E-state index is -3.82. The summed E-state index contributed by atoms with van der Waals surface area (Å²) in [6.45, 7) is 1.92. The van der Waals surface area contributed by atoms with Crippen LogP contribution in [0.15, 0.2) is 24.4 Å². The van der Waals surface area contributed by atoms with E-state index >= 15 is 0 Å². The largest absolute Gasteiger partial charge is 0.389 e. The molecule has 2 aromatic heterocycles. The van der Waals surface area contributed by atoms with Gasteiger partial charge in [-0.15, -0.1) is 0 Å². The number of pyridine rings is 1. The smallest absolute Gasteiger partial charge is 0.282 e. The van der Waals surface area contributed by atoms with Gasteiger partial charge in [0, 0.05) is 26.2 Å². The van der Waals surface area contributed by atoms with Gasteiger partial charge < -0.3 is 15.2 Å². The van der Waals surface area contributed by atoms with Gasteiger partial charge in [0.05, 0.1) is 24.1 Å². The number of hydrogen-bond acceptors (Lipinski definition) is 6. The lowest BCUT2D eigenvalue weighted by atomic mass is 9.95. The molecule has 1 saturated heterocycles. The predicted molar refractivity (Wildman–Crippen MR) is 108 cm³/mol. The molecule has 3 N–H and O–H groups in total. The number of H-pyrrole nitrogens is 1. The van der Waals surface area contributed by atoms with Crippen LogP contribution >= 0.6 is 11.6 Å². The van der Waals surface area contributed by atoms with Crippen molar-refractivity contribution in [2.45, 2.75) is 19.1 Å². The van der Waals surface area contributed by atoms with Crippen LogP contribution in [0, 0.1) is 11.7 Å². The maximum absolute atomic E-state index is 13.1. The topological polar surface area (TPSA) is 123 Å². The first-order valence-corrected chi connectivity index (χ1v) is 11.1. The van der Waals surface area contributed by atoms with Crippen LogP contribution in [-0.4, -0.2) is 80.6 Å². The number of aromatic amines is 1. The van der Waals surface area contributed by atoms with Gasteiger partial charge in [0.25, 0.3) is 10.2 Å². The van der Waals surface area contributed by atoms with E-state index in [1.54, 1.807) is 6.08 Å². The van der Waals surface area contributed by atoms with E-state index in [0.29, 0.717) is 17.2 Å². The Hall–Kier alpha value is -1.89. The molecule has 2 aromatic rings. The number of aliphatic hydroxyl groups is 2. The molecule has 0 aliphatic carbocycles. The third-order valence-corrected chi connectivity index (χ3v) is 7.49. The minimum Gasteiger partial charge on any atom is -0.389 e. The quantitative estimate of drug-likeness (QED) is 0.626. The number of rotatable bonds is 4. The van der Waals surface area contributed by atoms with Crippen LogP contribution in [0.25, 0.3) is 17.1 Å². The second-order valence-electron chi connectivity index (χ2n) is 7.45. The molecule has 0 unspecified atom stereocenters. The second kappa shape index (κ2) is 7.98. The number of aromatic nitrogens is 3. The van der Waals surface area contributed by atoms with Crippen molar-refractivity contribution in [3.8, 4) is 11.5 Å². The van der Waals surface area contributed by atoms with Crippen molar-refractivity contribution in [2.75, 3.05) is 26.2 Å². The Labute approximate surface area is 178 Å². The van der Waals surface area contributed by atoms with Gasteiger partial charge in [-0.05, 0) is 23.6 Å². The van der Waals surface area contributed by atoms with Crippen molar-refractivity contribution in [3.05, 3.63) is 41.1 Å². The fraction of sp³-hybridized carbons (Fsp3) is 0.444. The number of halogens is 2. The fourth-order valence-electron chi connectivity index (χ4n) is 3.68. The molecule has 4 heterocycles. The predicted octanol–water partition coefficient (Wildman–Crippen LogP) is 0.882. The molecule has 9 nitrogen and oxygen atoms in total. The molecule has 12 heteroatoms. The van der Waals surface area contributed by atoms with Crippen molar-refractivity contribution in [2.24, 2.45) is 5.92 Å². The second-order valence-corrected chi connectivity index (χ2v) is 9.74. The highest BCUT2D eigenvalue weighted by molar-refractivity contribution is 7.86. The van der Waals surface area contributed by atoms with Gasteiger partial charge in [-0.25, -0.2) is 14.4 Å². The summed E-state index contributed by atoms with van der Waals surface area (Å²) < 4.78 is 41.2. The summed E-state index contributed by atoms with van der Waals surface area (Å²) >= 11 is 6.31. The number of nitrogens with one attached hydrogen (secondary N) is 1. The van der Waals surface area contributed by atoms with E-state index in [2.05, 4.69) is 15.0 Å². The van der Waals surface area contributed by atoms with Gasteiger partial charge in [-0.2, -0.15) is 17.0 Å². The third-order valence-electron chi connectivity index (χ3n) is 5.32. The monoisotopic (exact) mass is 457 g/mol. The average molecular weight is 458 g/mol. The van der Waals surface area contributed by atoms with Gasteiger partial charge in [0.15, 0.2) is 11.0 Å². The number of aliphatic hydroxyl groups excluding tert-OH is 2. The molecule has 0 radical (unpaired) electrons.